The van der Waals surface area contributed by atoms with E-state index in [1.165, 1.54) is 19.3 Å². The number of carbonyl (C=O) groups excluding carboxylic acids is 1. The molecular weight excluding hydrogens is 230 g/mol. The SMILES string of the molecule is CCCNC(=O)C1(Br)CCCCC1. The van der Waals surface area contributed by atoms with Crippen LogP contribution in [-0.4, -0.2) is 16.8 Å². The van der Waals surface area contributed by atoms with Crippen LogP contribution in [0.15, 0.2) is 0 Å². The zero-order valence-electron chi connectivity index (χ0n) is 8.24. The van der Waals surface area contributed by atoms with Crippen LogP contribution in [0.3, 0.4) is 0 Å². The molecule has 0 radical (unpaired) electrons. The molecule has 0 saturated heterocycles. The normalized spacial score (nSPS) is 21.1. The molecule has 0 heterocycles. The lowest BCUT2D eigenvalue weighted by Crippen LogP contribution is -2.43. The van der Waals surface area contributed by atoms with Gasteiger partial charge >= 0.3 is 0 Å². The van der Waals surface area contributed by atoms with Gasteiger partial charge in [-0.1, -0.05) is 42.1 Å². The first kappa shape index (κ1) is 11.0. The Morgan fingerprint density at radius 2 is 2.00 bits per heavy atom. The summed E-state index contributed by atoms with van der Waals surface area (Å²) in [6.45, 7) is 2.87. The van der Waals surface area contributed by atoms with Crippen molar-refractivity contribution in [2.24, 2.45) is 0 Å². The van der Waals surface area contributed by atoms with Crippen molar-refractivity contribution in [3.8, 4) is 0 Å². The highest BCUT2D eigenvalue weighted by Gasteiger charge is 2.36. The van der Waals surface area contributed by atoms with Gasteiger partial charge in [0.1, 0.15) is 4.32 Å². The van der Waals surface area contributed by atoms with Crippen molar-refractivity contribution in [2.45, 2.75) is 49.8 Å². The lowest BCUT2D eigenvalue weighted by Gasteiger charge is -2.30. The second kappa shape index (κ2) is 4.99. The molecule has 1 saturated carbocycles. The highest BCUT2D eigenvalue weighted by Crippen LogP contribution is 2.35. The number of amides is 1. The Labute approximate surface area is 88.6 Å². The van der Waals surface area contributed by atoms with Crippen LogP contribution in [0.4, 0.5) is 0 Å². The van der Waals surface area contributed by atoms with E-state index in [9.17, 15) is 4.79 Å². The summed E-state index contributed by atoms with van der Waals surface area (Å²) < 4.78 is -0.250. The van der Waals surface area contributed by atoms with Gasteiger partial charge in [-0.05, 0) is 19.3 Å². The molecule has 0 bridgehead atoms. The van der Waals surface area contributed by atoms with Crippen molar-refractivity contribution in [3.63, 3.8) is 0 Å². The molecule has 0 unspecified atom stereocenters. The van der Waals surface area contributed by atoms with Crippen molar-refractivity contribution in [3.05, 3.63) is 0 Å². The molecule has 3 heteroatoms. The molecule has 0 aromatic carbocycles. The summed E-state index contributed by atoms with van der Waals surface area (Å²) in [6, 6.07) is 0. The first-order chi connectivity index (χ1) is 6.19. The Bertz CT molecular complexity index is 176. The lowest BCUT2D eigenvalue weighted by molar-refractivity contribution is -0.124. The van der Waals surface area contributed by atoms with Crippen LogP contribution < -0.4 is 5.32 Å². The van der Waals surface area contributed by atoms with Gasteiger partial charge in [-0.2, -0.15) is 0 Å². The molecule has 13 heavy (non-hydrogen) atoms. The molecule has 0 aromatic heterocycles. The van der Waals surface area contributed by atoms with Crippen molar-refractivity contribution in [1.29, 1.82) is 0 Å². The third-order valence-electron chi connectivity index (χ3n) is 2.59. The van der Waals surface area contributed by atoms with Gasteiger partial charge in [-0.3, -0.25) is 4.79 Å². The van der Waals surface area contributed by atoms with Gasteiger partial charge in [0.2, 0.25) is 5.91 Å². The van der Waals surface area contributed by atoms with Gasteiger partial charge in [0.25, 0.3) is 0 Å². The smallest absolute Gasteiger partial charge is 0.236 e. The van der Waals surface area contributed by atoms with Crippen LogP contribution in [-0.2, 0) is 4.79 Å². The van der Waals surface area contributed by atoms with Gasteiger partial charge in [-0.15, -0.1) is 0 Å². The van der Waals surface area contributed by atoms with Crippen molar-refractivity contribution >= 4 is 21.8 Å². The zero-order chi connectivity index (χ0) is 9.73. The molecule has 1 aliphatic rings. The second-order valence-electron chi connectivity index (χ2n) is 3.78. The van der Waals surface area contributed by atoms with E-state index in [1.54, 1.807) is 0 Å². The predicted molar refractivity (Wildman–Crippen MR) is 58.0 cm³/mol. The Morgan fingerprint density at radius 3 is 2.54 bits per heavy atom. The van der Waals surface area contributed by atoms with Crippen LogP contribution >= 0.6 is 15.9 Å². The number of carbonyl (C=O) groups is 1. The fourth-order valence-electron chi connectivity index (χ4n) is 1.74. The van der Waals surface area contributed by atoms with Crippen LogP contribution in [0.5, 0.6) is 0 Å². The van der Waals surface area contributed by atoms with E-state index in [2.05, 4.69) is 28.2 Å². The highest BCUT2D eigenvalue weighted by molar-refractivity contribution is 9.10. The number of hydrogen-bond donors (Lipinski definition) is 1. The van der Waals surface area contributed by atoms with E-state index < -0.39 is 0 Å². The van der Waals surface area contributed by atoms with E-state index in [0.717, 1.165) is 25.8 Å². The van der Waals surface area contributed by atoms with E-state index >= 15 is 0 Å². The molecule has 1 N–H and O–H groups in total. The third kappa shape index (κ3) is 2.97. The van der Waals surface area contributed by atoms with Crippen LogP contribution in [0.1, 0.15) is 45.4 Å². The first-order valence-electron chi connectivity index (χ1n) is 5.16. The number of halogens is 1. The van der Waals surface area contributed by atoms with Gasteiger partial charge < -0.3 is 5.32 Å². The monoisotopic (exact) mass is 247 g/mol. The summed E-state index contributed by atoms with van der Waals surface area (Å²) >= 11 is 3.58. The second-order valence-corrected chi connectivity index (χ2v) is 5.30. The Balaban J connectivity index is 2.42. The molecule has 76 valence electrons. The van der Waals surface area contributed by atoms with Crippen LogP contribution in [0, 0.1) is 0 Å². The molecule has 0 spiro atoms. The average molecular weight is 248 g/mol. The minimum atomic E-state index is -0.250. The van der Waals surface area contributed by atoms with E-state index in [-0.39, 0.29) is 10.2 Å². The minimum Gasteiger partial charge on any atom is -0.355 e. The van der Waals surface area contributed by atoms with Crippen molar-refractivity contribution in [1.82, 2.24) is 5.32 Å². The Morgan fingerprint density at radius 1 is 1.38 bits per heavy atom. The van der Waals surface area contributed by atoms with Crippen LogP contribution in [0.2, 0.25) is 0 Å². The number of nitrogens with one attached hydrogen (secondary N) is 1. The van der Waals surface area contributed by atoms with E-state index in [1.807, 2.05) is 0 Å². The molecule has 1 amide bonds. The molecule has 0 aliphatic heterocycles. The number of hydrogen-bond acceptors (Lipinski definition) is 1. The maximum Gasteiger partial charge on any atom is 0.236 e. The summed E-state index contributed by atoms with van der Waals surface area (Å²) in [4.78, 5) is 11.7. The quantitative estimate of drug-likeness (QED) is 0.764. The summed E-state index contributed by atoms with van der Waals surface area (Å²) in [5, 5.41) is 2.96. The highest BCUT2D eigenvalue weighted by atomic mass is 79.9. The lowest BCUT2D eigenvalue weighted by atomic mass is 9.88. The molecule has 1 aliphatic carbocycles. The molecule has 2 nitrogen and oxygen atoms in total. The van der Waals surface area contributed by atoms with Gasteiger partial charge in [-0.25, -0.2) is 0 Å². The fourth-order valence-corrected chi connectivity index (χ4v) is 2.44. The molecule has 0 atom stereocenters. The zero-order valence-corrected chi connectivity index (χ0v) is 9.82. The Hall–Kier alpha value is -0.0500. The molecule has 1 rings (SSSR count). The molecule has 1 fully saturated rings. The maximum atomic E-state index is 11.7. The summed E-state index contributed by atoms with van der Waals surface area (Å²) in [7, 11) is 0. The van der Waals surface area contributed by atoms with E-state index in [4.69, 9.17) is 0 Å². The third-order valence-corrected chi connectivity index (χ3v) is 3.74. The number of alkyl halides is 1. The van der Waals surface area contributed by atoms with Gasteiger partial charge in [0.05, 0.1) is 0 Å². The maximum absolute atomic E-state index is 11.7. The summed E-state index contributed by atoms with van der Waals surface area (Å²) in [5.74, 6) is 0.189. The number of rotatable bonds is 3. The molecular formula is C10H18BrNO. The average Bonchev–Trinajstić information content (AvgIpc) is 2.15. The largest absolute Gasteiger partial charge is 0.355 e. The van der Waals surface area contributed by atoms with E-state index in [0.29, 0.717) is 0 Å². The summed E-state index contributed by atoms with van der Waals surface area (Å²) in [5.41, 5.74) is 0. The van der Waals surface area contributed by atoms with Crippen LogP contribution in [0.25, 0.3) is 0 Å². The predicted octanol–water partition coefficient (Wildman–Crippen LogP) is 2.61. The van der Waals surface area contributed by atoms with Crippen molar-refractivity contribution < 1.29 is 4.79 Å². The topological polar surface area (TPSA) is 29.1 Å². The minimum absolute atomic E-state index is 0.189. The Kier molecular flexibility index (Phi) is 4.23. The molecule has 0 aromatic rings. The van der Waals surface area contributed by atoms with Gasteiger partial charge in [0.15, 0.2) is 0 Å². The van der Waals surface area contributed by atoms with Crippen molar-refractivity contribution in [2.75, 3.05) is 6.54 Å². The standard InChI is InChI=1S/C10H18BrNO/c1-2-8-12-9(13)10(11)6-4-3-5-7-10/h2-8H2,1H3,(H,12,13). The first-order valence-corrected chi connectivity index (χ1v) is 5.95. The fraction of sp³-hybridized carbons (Fsp3) is 0.900. The summed E-state index contributed by atoms with van der Waals surface area (Å²) in [6.07, 6.45) is 6.60. The van der Waals surface area contributed by atoms with Gasteiger partial charge in [0, 0.05) is 6.54 Å².